The molecule has 8 heteroatoms. The van der Waals surface area contributed by atoms with Crippen molar-refractivity contribution in [2.75, 3.05) is 0 Å². The molecule has 4 N–H and O–H groups in total. The van der Waals surface area contributed by atoms with Crippen LogP contribution in [0, 0.1) is 11.8 Å². The molecule has 0 aliphatic carbocycles. The first-order valence-electron chi connectivity index (χ1n) is 6.97. The fraction of sp³-hybridized carbons (Fsp3) is 0.714. The molecule has 0 bridgehead atoms. The Morgan fingerprint density at radius 3 is 1.55 bits per heavy atom. The maximum Gasteiger partial charge on any atom is 0.326 e. The highest BCUT2D eigenvalue weighted by atomic mass is 16.7. The fourth-order valence-electron chi connectivity index (χ4n) is 1.34. The quantitative estimate of drug-likeness (QED) is 0.330. The minimum absolute atomic E-state index is 0.0806. The van der Waals surface area contributed by atoms with Crippen LogP contribution in [0.1, 0.15) is 34.1 Å². The first kappa shape index (κ1) is 20.2. The smallest absolute Gasteiger partial charge is 0.326 e. The molecule has 0 aliphatic rings. The van der Waals surface area contributed by atoms with E-state index in [1.807, 2.05) is 0 Å². The van der Waals surface area contributed by atoms with Crippen LogP contribution in [0.2, 0.25) is 0 Å². The van der Waals surface area contributed by atoms with Gasteiger partial charge in [-0.3, -0.25) is 14.4 Å². The van der Waals surface area contributed by atoms with E-state index in [9.17, 15) is 19.2 Å². The predicted molar refractivity (Wildman–Crippen MR) is 77.3 cm³/mol. The number of hydrogen-bond acceptors (Lipinski definition) is 8. The van der Waals surface area contributed by atoms with Crippen LogP contribution in [0.15, 0.2) is 0 Å². The van der Waals surface area contributed by atoms with E-state index in [2.05, 4.69) is 0 Å². The van der Waals surface area contributed by atoms with Crippen LogP contribution in [-0.2, 0) is 28.7 Å². The lowest BCUT2D eigenvalue weighted by molar-refractivity contribution is -0.222. The molecular formula is C14H24N2O6. The number of ether oxygens (including phenoxy) is 2. The van der Waals surface area contributed by atoms with Gasteiger partial charge in [0.1, 0.15) is 18.4 Å². The Hall–Kier alpha value is -1.80. The Labute approximate surface area is 129 Å². The molecule has 2 atom stereocenters. The van der Waals surface area contributed by atoms with Crippen LogP contribution in [0.4, 0.5) is 0 Å². The van der Waals surface area contributed by atoms with E-state index in [4.69, 9.17) is 20.9 Å². The number of hydrogen-bond donors (Lipinski definition) is 2. The van der Waals surface area contributed by atoms with Crippen molar-refractivity contribution in [3.63, 3.8) is 0 Å². The Bertz CT molecular complexity index is 394. The number of esters is 2. The summed E-state index contributed by atoms with van der Waals surface area (Å²) in [5.41, 5.74) is 11.2. The van der Waals surface area contributed by atoms with E-state index in [0.29, 0.717) is 6.29 Å². The zero-order valence-corrected chi connectivity index (χ0v) is 13.3. The molecule has 22 heavy (non-hydrogen) atoms. The molecule has 0 aromatic heterocycles. The summed E-state index contributed by atoms with van der Waals surface area (Å²) in [5.74, 6) is -4.76. The van der Waals surface area contributed by atoms with Crippen LogP contribution in [0.25, 0.3) is 0 Å². The average molecular weight is 316 g/mol. The highest BCUT2D eigenvalue weighted by Gasteiger charge is 2.41. The van der Waals surface area contributed by atoms with Crippen molar-refractivity contribution < 1.29 is 28.7 Å². The van der Waals surface area contributed by atoms with Crippen molar-refractivity contribution in [3.05, 3.63) is 0 Å². The van der Waals surface area contributed by atoms with E-state index < -0.39 is 36.2 Å². The molecule has 0 aromatic rings. The third kappa shape index (κ3) is 5.53. The van der Waals surface area contributed by atoms with Crippen molar-refractivity contribution in [3.8, 4) is 0 Å². The zero-order valence-electron chi connectivity index (χ0n) is 13.3. The van der Waals surface area contributed by atoms with Crippen molar-refractivity contribution in [1.82, 2.24) is 0 Å². The summed E-state index contributed by atoms with van der Waals surface area (Å²) in [6.07, 6.45) is -0.252. The molecule has 8 nitrogen and oxygen atoms in total. The van der Waals surface area contributed by atoms with Crippen LogP contribution in [0.5, 0.6) is 0 Å². The van der Waals surface area contributed by atoms with Gasteiger partial charge in [-0.05, 0) is 11.8 Å². The minimum Gasteiger partial charge on any atom is -0.414 e. The van der Waals surface area contributed by atoms with Crippen molar-refractivity contribution in [2.24, 2.45) is 23.3 Å². The summed E-state index contributed by atoms with van der Waals surface area (Å²) in [7, 11) is 0. The van der Waals surface area contributed by atoms with Gasteiger partial charge in [0.05, 0.1) is 6.42 Å². The van der Waals surface area contributed by atoms with Crippen molar-refractivity contribution in [1.29, 1.82) is 0 Å². The minimum atomic E-state index is -2.34. The molecule has 0 aromatic carbocycles. The SMILES string of the molecule is CC(C)[C@H](N)C(=O)OC(C=O)(CC=O)OC(=O)[C@@H](N)C(C)C. The number of carbonyl (C=O) groups is 4. The molecule has 0 rings (SSSR count). The second-order valence-electron chi connectivity index (χ2n) is 5.68. The molecule has 0 saturated heterocycles. The van der Waals surface area contributed by atoms with Crippen LogP contribution >= 0.6 is 0 Å². The highest BCUT2D eigenvalue weighted by Crippen LogP contribution is 2.19. The van der Waals surface area contributed by atoms with Gasteiger partial charge in [-0.25, -0.2) is 0 Å². The molecule has 0 amide bonds. The molecule has 0 unspecified atom stereocenters. The lowest BCUT2D eigenvalue weighted by Gasteiger charge is -2.29. The van der Waals surface area contributed by atoms with Gasteiger partial charge in [-0.15, -0.1) is 0 Å². The van der Waals surface area contributed by atoms with E-state index in [1.54, 1.807) is 27.7 Å². The van der Waals surface area contributed by atoms with Crippen molar-refractivity contribution >= 4 is 24.5 Å². The average Bonchev–Trinajstić information content (AvgIpc) is 2.45. The van der Waals surface area contributed by atoms with E-state index in [0.717, 1.165) is 0 Å². The Morgan fingerprint density at radius 1 is 0.955 bits per heavy atom. The van der Waals surface area contributed by atoms with Gasteiger partial charge in [-0.2, -0.15) is 0 Å². The summed E-state index contributed by atoms with van der Waals surface area (Å²) in [6.45, 7) is 6.70. The predicted octanol–water partition coefficient (Wildman–Crippen LogP) is -0.476. The summed E-state index contributed by atoms with van der Waals surface area (Å²) in [4.78, 5) is 45.8. The second kappa shape index (κ2) is 8.60. The fourth-order valence-corrected chi connectivity index (χ4v) is 1.34. The molecule has 0 aliphatic heterocycles. The summed E-state index contributed by atoms with van der Waals surface area (Å²) in [5, 5.41) is 0. The monoisotopic (exact) mass is 316 g/mol. The van der Waals surface area contributed by atoms with Crippen molar-refractivity contribution in [2.45, 2.75) is 52.0 Å². The molecular weight excluding hydrogens is 292 g/mol. The zero-order chi connectivity index (χ0) is 17.5. The van der Waals surface area contributed by atoms with Gasteiger partial charge in [0, 0.05) is 0 Å². The topological polar surface area (TPSA) is 139 Å². The second-order valence-corrected chi connectivity index (χ2v) is 5.68. The normalized spacial score (nSPS) is 14.4. The molecule has 0 saturated carbocycles. The lowest BCUT2D eigenvalue weighted by Crippen LogP contribution is -2.50. The largest absolute Gasteiger partial charge is 0.414 e. The number of carbonyl (C=O) groups excluding carboxylic acids is 4. The van der Waals surface area contributed by atoms with Gasteiger partial charge in [-0.1, -0.05) is 27.7 Å². The van der Waals surface area contributed by atoms with E-state index in [1.165, 1.54) is 0 Å². The molecule has 126 valence electrons. The third-order valence-corrected chi connectivity index (χ3v) is 3.07. The maximum atomic E-state index is 11.9. The highest BCUT2D eigenvalue weighted by molar-refractivity contribution is 5.83. The number of aldehydes is 2. The van der Waals surface area contributed by atoms with Gasteiger partial charge < -0.3 is 25.7 Å². The van der Waals surface area contributed by atoms with Crippen LogP contribution in [0.3, 0.4) is 0 Å². The van der Waals surface area contributed by atoms with E-state index >= 15 is 0 Å². The maximum absolute atomic E-state index is 11.9. The van der Waals surface area contributed by atoms with Gasteiger partial charge in [0.15, 0.2) is 0 Å². The molecule has 0 radical (unpaired) electrons. The summed E-state index contributed by atoms with van der Waals surface area (Å²) < 4.78 is 9.78. The third-order valence-electron chi connectivity index (χ3n) is 3.07. The standard InChI is InChI=1S/C14H24N2O6/c1-8(2)10(15)12(19)21-14(7-18,5-6-17)22-13(20)11(16)9(3)4/h6-11H,5,15-16H2,1-4H3/t10-,11-/m0/s1. The summed E-state index contributed by atoms with van der Waals surface area (Å²) in [6, 6.07) is -2.05. The lowest BCUT2D eigenvalue weighted by atomic mass is 10.1. The van der Waals surface area contributed by atoms with Gasteiger partial charge >= 0.3 is 17.7 Å². The molecule has 0 heterocycles. The van der Waals surface area contributed by atoms with Gasteiger partial charge in [0.25, 0.3) is 0 Å². The van der Waals surface area contributed by atoms with Gasteiger partial charge in [0.2, 0.25) is 6.29 Å². The van der Waals surface area contributed by atoms with Crippen LogP contribution in [-0.4, -0.2) is 42.4 Å². The Kier molecular flexibility index (Phi) is 7.89. The first-order chi connectivity index (χ1) is 10.1. The molecule has 0 spiro atoms. The molecule has 0 fully saturated rings. The van der Waals surface area contributed by atoms with Crippen LogP contribution < -0.4 is 11.5 Å². The summed E-state index contributed by atoms with van der Waals surface area (Å²) >= 11 is 0. The first-order valence-corrected chi connectivity index (χ1v) is 6.97. The number of nitrogens with two attached hydrogens (primary N) is 2. The Balaban J connectivity index is 5.24. The van der Waals surface area contributed by atoms with E-state index in [-0.39, 0.29) is 18.1 Å². The number of rotatable bonds is 9. The Morgan fingerprint density at radius 2 is 1.32 bits per heavy atom.